The number of rotatable bonds is 4. The highest BCUT2D eigenvalue weighted by Gasteiger charge is 2.21. The van der Waals surface area contributed by atoms with E-state index in [4.69, 9.17) is 9.42 Å². The summed E-state index contributed by atoms with van der Waals surface area (Å²) in [5.74, 6) is 0.743. The molecule has 0 bridgehead atoms. The molecule has 1 aliphatic heterocycles. The van der Waals surface area contributed by atoms with Crippen molar-refractivity contribution in [1.29, 1.82) is 0 Å². The Kier molecular flexibility index (Phi) is 7.07. The molecule has 1 saturated heterocycles. The van der Waals surface area contributed by atoms with Gasteiger partial charge in [-0.25, -0.2) is 9.97 Å². The highest BCUT2D eigenvalue weighted by molar-refractivity contribution is 7.25. The van der Waals surface area contributed by atoms with Crippen molar-refractivity contribution >= 4 is 21.1 Å². The van der Waals surface area contributed by atoms with E-state index in [9.17, 15) is 0 Å². The van der Waals surface area contributed by atoms with E-state index in [-0.39, 0.29) is 6.10 Å². The summed E-state index contributed by atoms with van der Waals surface area (Å²) >= 11 is 0. The van der Waals surface area contributed by atoms with Gasteiger partial charge in [0.25, 0.3) is 0 Å². The smallest absolute Gasteiger partial charge is 0.225 e. The Bertz CT molecular complexity index is 429. The van der Waals surface area contributed by atoms with E-state index in [0.717, 1.165) is 37.6 Å². The molecule has 1 aromatic rings. The summed E-state index contributed by atoms with van der Waals surface area (Å²) in [6, 6.07) is 1.83. The molecule has 1 N–H and O–H groups in total. The largest absolute Gasteiger partial charge is 0.352 e. The van der Waals surface area contributed by atoms with Crippen LogP contribution in [0.15, 0.2) is 18.8 Å². The van der Waals surface area contributed by atoms with Crippen LogP contribution in [0.2, 0.25) is 0 Å². The molecule has 1 aliphatic carbocycles. The summed E-state index contributed by atoms with van der Waals surface area (Å²) in [6.45, 7) is 5.41. The first kappa shape index (κ1) is 16.3. The first-order valence-corrected chi connectivity index (χ1v) is 8.44. The summed E-state index contributed by atoms with van der Waals surface area (Å²) in [5, 5.41) is 0. The molecule has 1 saturated carbocycles. The van der Waals surface area contributed by atoms with Gasteiger partial charge < -0.3 is 14.3 Å². The lowest BCUT2D eigenvalue weighted by atomic mass is 10.0. The monoisotopic (exact) mass is 309 g/mol. The molecule has 0 aromatic carbocycles. The Morgan fingerprint density at radius 3 is 2.48 bits per heavy atom. The topological polar surface area (TPSA) is 58.5 Å². The third-order valence-electron chi connectivity index (χ3n) is 3.82. The van der Waals surface area contributed by atoms with E-state index in [1.807, 2.05) is 6.07 Å². The molecule has 6 heteroatoms. The second kappa shape index (κ2) is 9.08. The number of piperidine rings is 1. The molecule has 2 aliphatic rings. The second-order valence-electron chi connectivity index (χ2n) is 5.30. The fourth-order valence-corrected chi connectivity index (χ4v) is 2.51. The van der Waals surface area contributed by atoms with Crippen molar-refractivity contribution in [2.45, 2.75) is 44.6 Å². The Labute approximate surface area is 128 Å². The van der Waals surface area contributed by atoms with Gasteiger partial charge in [-0.3, -0.25) is 0 Å². The van der Waals surface area contributed by atoms with Gasteiger partial charge in [-0.15, -0.1) is 0 Å². The lowest BCUT2D eigenvalue weighted by Crippen LogP contribution is -2.37. The van der Waals surface area contributed by atoms with Gasteiger partial charge in [0.15, 0.2) is 9.03 Å². The molecule has 2 heterocycles. The van der Waals surface area contributed by atoms with Crippen molar-refractivity contribution in [2.24, 2.45) is 0 Å². The number of aromatic nitrogens is 2. The molecule has 116 valence electrons. The molecule has 0 radical (unpaired) electrons. The highest BCUT2D eigenvalue weighted by atomic mass is 31.1. The molecule has 0 spiro atoms. The van der Waals surface area contributed by atoms with Crippen molar-refractivity contribution in [3.05, 3.63) is 24.5 Å². The van der Waals surface area contributed by atoms with Crippen LogP contribution in [-0.2, 0) is 4.52 Å². The summed E-state index contributed by atoms with van der Waals surface area (Å²) in [5.41, 5.74) is 0.838. The van der Waals surface area contributed by atoms with E-state index in [2.05, 4.69) is 21.4 Å². The van der Waals surface area contributed by atoms with Gasteiger partial charge in [0.2, 0.25) is 5.95 Å². The van der Waals surface area contributed by atoms with Crippen molar-refractivity contribution in [3.63, 3.8) is 0 Å². The third-order valence-corrected chi connectivity index (χ3v) is 4.26. The quantitative estimate of drug-likeness (QED) is 0.866. The van der Waals surface area contributed by atoms with Crippen molar-refractivity contribution in [3.8, 4) is 0 Å². The minimum absolute atomic E-state index is 0.164. The Morgan fingerprint density at radius 2 is 1.95 bits per heavy atom. The van der Waals surface area contributed by atoms with Gasteiger partial charge in [0.1, 0.15) is 0 Å². The normalized spacial score (nSPS) is 19.0. The van der Waals surface area contributed by atoms with E-state index in [0.29, 0.717) is 0 Å². The predicted molar refractivity (Wildman–Crippen MR) is 87.4 cm³/mol. The van der Waals surface area contributed by atoms with Gasteiger partial charge in [-0.2, -0.15) is 0 Å². The number of anilines is 1. The Balaban J connectivity index is 0.000000347. The number of hydrogen-bond donors (Lipinski definition) is 1. The zero-order valence-corrected chi connectivity index (χ0v) is 13.4. The zero-order valence-electron chi connectivity index (χ0n) is 12.4. The lowest BCUT2D eigenvalue weighted by molar-refractivity contribution is 0.180. The van der Waals surface area contributed by atoms with Gasteiger partial charge in [-0.05, 0) is 25.0 Å². The SMILES string of the molecule is C1CCC1.C=Cc1ccnc(N2CCC(OPO)CC2)n1. The fraction of sp³-hybridized carbons (Fsp3) is 0.600. The minimum Gasteiger partial charge on any atom is -0.352 e. The van der Waals surface area contributed by atoms with Crippen LogP contribution >= 0.6 is 9.03 Å². The van der Waals surface area contributed by atoms with Crippen LogP contribution in [0.3, 0.4) is 0 Å². The number of hydrogen-bond acceptors (Lipinski definition) is 5. The van der Waals surface area contributed by atoms with Crippen molar-refractivity contribution < 1.29 is 9.42 Å². The fourth-order valence-electron chi connectivity index (χ4n) is 2.13. The number of nitrogens with zero attached hydrogens (tertiary/aromatic N) is 3. The van der Waals surface area contributed by atoms with Gasteiger partial charge in [0.05, 0.1) is 11.8 Å². The molecule has 0 amide bonds. The van der Waals surface area contributed by atoms with Crippen LogP contribution in [0, 0.1) is 0 Å². The maximum Gasteiger partial charge on any atom is 0.225 e. The lowest BCUT2D eigenvalue weighted by Gasteiger charge is -2.31. The zero-order chi connectivity index (χ0) is 14.9. The minimum atomic E-state index is -0.418. The van der Waals surface area contributed by atoms with E-state index >= 15 is 0 Å². The molecule has 1 unspecified atom stereocenters. The Hall–Kier alpha value is -1.03. The van der Waals surface area contributed by atoms with Crippen LogP contribution in [0.1, 0.15) is 44.2 Å². The highest BCUT2D eigenvalue weighted by Crippen LogP contribution is 2.22. The summed E-state index contributed by atoms with van der Waals surface area (Å²) in [6.07, 6.45) is 11.4. The molecular weight excluding hydrogens is 285 g/mol. The van der Waals surface area contributed by atoms with Crippen LogP contribution < -0.4 is 4.90 Å². The maximum atomic E-state index is 8.73. The average molecular weight is 309 g/mol. The summed E-state index contributed by atoms with van der Waals surface area (Å²) < 4.78 is 5.21. The summed E-state index contributed by atoms with van der Waals surface area (Å²) in [7, 11) is -0.418. The maximum absolute atomic E-state index is 8.73. The predicted octanol–water partition coefficient (Wildman–Crippen LogP) is 3.17. The van der Waals surface area contributed by atoms with E-state index in [1.165, 1.54) is 25.7 Å². The summed E-state index contributed by atoms with van der Waals surface area (Å²) in [4.78, 5) is 19.5. The first-order valence-electron chi connectivity index (χ1n) is 7.58. The van der Waals surface area contributed by atoms with Gasteiger partial charge >= 0.3 is 0 Å². The molecule has 1 atom stereocenters. The molecule has 3 rings (SSSR count). The standard InChI is InChI=1S/C11H16N3O2P.C4H8/c1-2-9-3-6-12-11(13-9)14-7-4-10(5-8-14)16-17-15;1-2-4-3-1/h2-3,6,10,15,17H,1,4-5,7-8H2;1-4H2. The van der Waals surface area contributed by atoms with Crippen molar-refractivity contribution in [2.75, 3.05) is 18.0 Å². The van der Waals surface area contributed by atoms with Crippen LogP contribution in [0.5, 0.6) is 0 Å². The molecule has 5 nitrogen and oxygen atoms in total. The van der Waals surface area contributed by atoms with Crippen molar-refractivity contribution in [1.82, 2.24) is 9.97 Å². The molecule has 21 heavy (non-hydrogen) atoms. The Morgan fingerprint density at radius 1 is 1.29 bits per heavy atom. The van der Waals surface area contributed by atoms with Crippen LogP contribution in [0.4, 0.5) is 5.95 Å². The first-order chi connectivity index (χ1) is 10.3. The third kappa shape index (κ3) is 5.34. The van der Waals surface area contributed by atoms with E-state index in [1.54, 1.807) is 12.3 Å². The molecule has 1 aromatic heterocycles. The molecule has 2 fully saturated rings. The molecular formula is C15H24N3O2P. The second-order valence-corrected chi connectivity index (χ2v) is 5.71. The van der Waals surface area contributed by atoms with Gasteiger partial charge in [0, 0.05) is 19.3 Å². The van der Waals surface area contributed by atoms with Gasteiger partial charge in [-0.1, -0.05) is 32.3 Å². The average Bonchev–Trinajstić information content (AvgIpc) is 2.47. The van der Waals surface area contributed by atoms with Crippen LogP contribution in [0.25, 0.3) is 6.08 Å². The van der Waals surface area contributed by atoms with E-state index < -0.39 is 9.03 Å². The van der Waals surface area contributed by atoms with Crippen LogP contribution in [-0.4, -0.2) is 34.1 Å².